The summed E-state index contributed by atoms with van der Waals surface area (Å²) in [5, 5.41) is 4.86. The summed E-state index contributed by atoms with van der Waals surface area (Å²) in [6, 6.07) is 26.8. The number of fused-ring (bicyclic) bond motifs is 4. The summed E-state index contributed by atoms with van der Waals surface area (Å²) in [5.74, 6) is 0.0517. The molecule has 5 nitrogen and oxygen atoms in total. The lowest BCUT2D eigenvalue weighted by Gasteiger charge is -2.14. The molecule has 1 N–H and O–H groups in total. The molecule has 0 aliphatic heterocycles. The van der Waals surface area contributed by atoms with Crippen LogP contribution in [0.3, 0.4) is 0 Å². The monoisotopic (exact) mass is 477 g/mol. The SMILES string of the molecule is O=C(NCC=Cc1c(-c2ccccc2)nc2sccn12)OCC1c2ccccc2-c2ccccc21. The van der Waals surface area contributed by atoms with E-state index >= 15 is 0 Å². The molecule has 172 valence electrons. The van der Waals surface area contributed by atoms with Crippen molar-refractivity contribution in [2.75, 3.05) is 13.2 Å². The average molecular weight is 478 g/mol. The van der Waals surface area contributed by atoms with Crippen molar-refractivity contribution in [3.8, 4) is 22.4 Å². The number of thiazole rings is 1. The van der Waals surface area contributed by atoms with Crippen LogP contribution in [-0.4, -0.2) is 28.6 Å². The van der Waals surface area contributed by atoms with E-state index in [0.717, 1.165) is 21.9 Å². The van der Waals surface area contributed by atoms with E-state index in [-0.39, 0.29) is 5.92 Å². The fraction of sp³-hybridized carbons (Fsp3) is 0.103. The van der Waals surface area contributed by atoms with Crippen LogP contribution < -0.4 is 5.32 Å². The Morgan fingerprint density at radius 3 is 2.40 bits per heavy atom. The number of nitrogens with one attached hydrogen (secondary N) is 1. The molecule has 0 saturated heterocycles. The van der Waals surface area contributed by atoms with Crippen LogP contribution in [0.25, 0.3) is 33.4 Å². The van der Waals surface area contributed by atoms with Crippen LogP contribution in [-0.2, 0) is 4.74 Å². The first-order chi connectivity index (χ1) is 17.3. The number of ether oxygens (including phenoxy) is 1. The maximum absolute atomic E-state index is 12.5. The smallest absolute Gasteiger partial charge is 0.407 e. The fourth-order valence-electron chi connectivity index (χ4n) is 4.73. The molecule has 6 rings (SSSR count). The van der Waals surface area contributed by atoms with Gasteiger partial charge in [-0.3, -0.25) is 4.40 Å². The minimum atomic E-state index is -0.422. The number of hydrogen-bond donors (Lipinski definition) is 1. The van der Waals surface area contributed by atoms with Crippen molar-refractivity contribution in [3.05, 3.63) is 113 Å². The van der Waals surface area contributed by atoms with E-state index in [9.17, 15) is 4.79 Å². The van der Waals surface area contributed by atoms with E-state index in [1.807, 2.05) is 66.2 Å². The highest BCUT2D eigenvalue weighted by Crippen LogP contribution is 2.44. The molecule has 0 radical (unpaired) electrons. The lowest BCUT2D eigenvalue weighted by atomic mass is 9.98. The molecule has 5 aromatic rings. The fourth-order valence-corrected chi connectivity index (χ4v) is 5.45. The van der Waals surface area contributed by atoms with Crippen LogP contribution >= 0.6 is 11.3 Å². The van der Waals surface area contributed by atoms with E-state index in [4.69, 9.17) is 9.72 Å². The van der Waals surface area contributed by atoms with Crippen LogP contribution in [0.5, 0.6) is 0 Å². The van der Waals surface area contributed by atoms with Crippen LogP contribution in [0.1, 0.15) is 22.7 Å². The van der Waals surface area contributed by atoms with Crippen LogP contribution in [0.4, 0.5) is 4.79 Å². The molecular formula is C29H23N3O2S. The van der Waals surface area contributed by atoms with Crippen LogP contribution in [0.2, 0.25) is 0 Å². The first kappa shape index (κ1) is 21.4. The molecule has 3 aromatic carbocycles. The molecular weight excluding hydrogens is 454 g/mol. The van der Waals surface area contributed by atoms with E-state index in [2.05, 4.69) is 46.1 Å². The molecule has 0 unspecified atom stereocenters. The number of hydrogen-bond acceptors (Lipinski definition) is 4. The third-order valence-electron chi connectivity index (χ3n) is 6.33. The first-order valence-corrected chi connectivity index (χ1v) is 12.4. The molecule has 35 heavy (non-hydrogen) atoms. The number of nitrogens with zero attached hydrogens (tertiary/aromatic N) is 2. The quantitative estimate of drug-likeness (QED) is 0.299. The highest BCUT2D eigenvalue weighted by atomic mass is 32.1. The lowest BCUT2D eigenvalue weighted by Crippen LogP contribution is -2.26. The number of rotatable bonds is 6. The van der Waals surface area contributed by atoms with E-state index < -0.39 is 6.09 Å². The molecule has 2 aromatic heterocycles. The van der Waals surface area contributed by atoms with Gasteiger partial charge in [-0.25, -0.2) is 9.78 Å². The van der Waals surface area contributed by atoms with E-state index in [1.165, 1.54) is 22.3 Å². The van der Waals surface area contributed by atoms with Gasteiger partial charge in [0, 0.05) is 29.6 Å². The van der Waals surface area contributed by atoms with Gasteiger partial charge in [0.05, 0.1) is 11.4 Å². The van der Waals surface area contributed by atoms with Crippen molar-refractivity contribution in [2.24, 2.45) is 0 Å². The Morgan fingerprint density at radius 1 is 0.971 bits per heavy atom. The Kier molecular flexibility index (Phi) is 5.64. The van der Waals surface area contributed by atoms with Gasteiger partial charge in [0.2, 0.25) is 0 Å². The molecule has 0 atom stereocenters. The van der Waals surface area contributed by atoms with Gasteiger partial charge in [-0.2, -0.15) is 0 Å². The molecule has 1 aliphatic carbocycles. The molecule has 1 aliphatic rings. The summed E-state index contributed by atoms with van der Waals surface area (Å²) >= 11 is 1.60. The largest absolute Gasteiger partial charge is 0.449 e. The normalized spacial score (nSPS) is 12.7. The highest BCUT2D eigenvalue weighted by molar-refractivity contribution is 7.15. The number of benzene rings is 3. The number of carbonyl (C=O) groups is 1. The molecule has 0 spiro atoms. The third-order valence-corrected chi connectivity index (χ3v) is 7.09. The second kappa shape index (κ2) is 9.24. The van der Waals surface area contributed by atoms with Crippen LogP contribution in [0, 0.1) is 0 Å². The molecule has 2 heterocycles. The molecule has 0 saturated carbocycles. The summed E-state index contributed by atoms with van der Waals surface area (Å²) in [6.07, 6.45) is 5.51. The number of amides is 1. The number of alkyl carbamates (subject to hydrolysis) is 1. The Morgan fingerprint density at radius 2 is 1.66 bits per heavy atom. The van der Waals surface area contributed by atoms with Gasteiger partial charge in [-0.1, -0.05) is 84.9 Å². The van der Waals surface area contributed by atoms with Gasteiger partial charge in [-0.15, -0.1) is 11.3 Å². The maximum atomic E-state index is 12.5. The molecule has 0 fully saturated rings. The van der Waals surface area contributed by atoms with Gasteiger partial charge in [0.25, 0.3) is 0 Å². The number of carbonyl (C=O) groups excluding carboxylic acids is 1. The topological polar surface area (TPSA) is 55.6 Å². The first-order valence-electron chi connectivity index (χ1n) is 11.6. The summed E-state index contributed by atoms with van der Waals surface area (Å²) in [5.41, 5.74) is 7.82. The van der Waals surface area contributed by atoms with Gasteiger partial charge in [-0.05, 0) is 28.3 Å². The zero-order valence-corrected chi connectivity index (χ0v) is 19.7. The van der Waals surface area contributed by atoms with Gasteiger partial charge in [0.1, 0.15) is 6.61 Å². The van der Waals surface area contributed by atoms with Crippen molar-refractivity contribution >= 4 is 28.5 Å². The van der Waals surface area contributed by atoms with Crippen molar-refractivity contribution in [1.82, 2.24) is 14.7 Å². The predicted molar refractivity (Wildman–Crippen MR) is 141 cm³/mol. The minimum absolute atomic E-state index is 0.0517. The van der Waals surface area contributed by atoms with E-state index in [1.54, 1.807) is 11.3 Å². The molecule has 0 bridgehead atoms. The summed E-state index contributed by atoms with van der Waals surface area (Å²) < 4.78 is 7.69. The van der Waals surface area contributed by atoms with Crippen molar-refractivity contribution in [3.63, 3.8) is 0 Å². The predicted octanol–water partition coefficient (Wildman–Crippen LogP) is 6.61. The third kappa shape index (κ3) is 4.02. The molecule has 1 amide bonds. The number of imidazole rings is 1. The Bertz CT molecular complexity index is 1490. The van der Waals surface area contributed by atoms with Gasteiger partial charge >= 0.3 is 6.09 Å². The Balaban J connectivity index is 1.11. The standard InChI is InChI=1S/C29H23N3O2S/c33-29(34-19-25-23-13-6-4-11-21(23)22-12-5-7-14-24(22)25)30-16-8-15-26-27(20-9-2-1-3-10-20)31-28-32(26)17-18-35-28/h1-15,17-18,25H,16,19H2,(H,30,33). The zero-order valence-electron chi connectivity index (χ0n) is 18.9. The highest BCUT2D eigenvalue weighted by Gasteiger charge is 2.28. The van der Waals surface area contributed by atoms with Gasteiger partial charge in [0.15, 0.2) is 4.96 Å². The van der Waals surface area contributed by atoms with Crippen molar-refractivity contribution < 1.29 is 9.53 Å². The number of aromatic nitrogens is 2. The summed E-state index contributed by atoms with van der Waals surface area (Å²) in [6.45, 7) is 0.669. The van der Waals surface area contributed by atoms with E-state index in [0.29, 0.717) is 13.2 Å². The zero-order chi connectivity index (χ0) is 23.6. The van der Waals surface area contributed by atoms with Gasteiger partial charge < -0.3 is 10.1 Å². The second-order valence-corrected chi connectivity index (χ2v) is 9.25. The minimum Gasteiger partial charge on any atom is -0.449 e. The maximum Gasteiger partial charge on any atom is 0.407 e. The van der Waals surface area contributed by atoms with Crippen LogP contribution in [0.15, 0.2) is 96.5 Å². The van der Waals surface area contributed by atoms with Crippen molar-refractivity contribution in [2.45, 2.75) is 5.92 Å². The Labute approximate surface area is 207 Å². The Hall–Kier alpha value is -4.16. The summed E-state index contributed by atoms with van der Waals surface area (Å²) in [4.78, 5) is 18.2. The average Bonchev–Trinajstić information content (AvgIpc) is 3.58. The second-order valence-electron chi connectivity index (χ2n) is 8.38. The van der Waals surface area contributed by atoms with Crippen molar-refractivity contribution in [1.29, 1.82) is 0 Å². The molecule has 6 heteroatoms. The summed E-state index contributed by atoms with van der Waals surface area (Å²) in [7, 11) is 0. The lowest BCUT2D eigenvalue weighted by molar-refractivity contribution is 0.144.